The lowest BCUT2D eigenvalue weighted by atomic mass is 10.0. The molecule has 2 aromatic rings. The van der Waals surface area contributed by atoms with Gasteiger partial charge in [-0.2, -0.15) is 5.26 Å². The number of fused-ring (bicyclic) bond motifs is 1. The zero-order valence-electron chi connectivity index (χ0n) is 8.49. The minimum atomic E-state index is 0.478. The SMILES string of the molecule is CCc1ccc2c(N)ncc(C#N)c2c1. The standard InChI is InChI=1S/C12H11N3/c1-2-8-3-4-10-11(5-8)9(6-13)7-15-12(10)14/h3-5,7H,2H2,1H3,(H2,14,15). The first-order valence-electron chi connectivity index (χ1n) is 4.83. The Balaban J connectivity index is 2.84. The van der Waals surface area contributed by atoms with E-state index in [0.717, 1.165) is 17.2 Å². The Labute approximate surface area is 88.2 Å². The number of aryl methyl sites for hydroxylation is 1. The van der Waals surface area contributed by atoms with Crippen LogP contribution in [0.3, 0.4) is 0 Å². The lowest BCUT2D eigenvalue weighted by Crippen LogP contribution is -1.94. The van der Waals surface area contributed by atoms with Crippen LogP contribution < -0.4 is 5.73 Å². The maximum atomic E-state index is 8.96. The fourth-order valence-electron chi connectivity index (χ4n) is 1.62. The molecular formula is C12H11N3. The van der Waals surface area contributed by atoms with Crippen molar-refractivity contribution < 1.29 is 0 Å². The number of nitrogens with zero attached hydrogens (tertiary/aromatic N) is 2. The molecule has 0 fully saturated rings. The summed E-state index contributed by atoms with van der Waals surface area (Å²) >= 11 is 0. The largest absolute Gasteiger partial charge is 0.383 e. The van der Waals surface area contributed by atoms with E-state index in [2.05, 4.69) is 18.0 Å². The molecule has 0 saturated carbocycles. The predicted molar refractivity (Wildman–Crippen MR) is 60.2 cm³/mol. The van der Waals surface area contributed by atoms with Crippen molar-refractivity contribution in [1.29, 1.82) is 5.26 Å². The normalized spacial score (nSPS) is 10.1. The predicted octanol–water partition coefficient (Wildman–Crippen LogP) is 2.25. The fourth-order valence-corrected chi connectivity index (χ4v) is 1.62. The van der Waals surface area contributed by atoms with E-state index in [1.54, 1.807) is 0 Å². The molecule has 0 aliphatic carbocycles. The van der Waals surface area contributed by atoms with E-state index in [0.29, 0.717) is 11.4 Å². The summed E-state index contributed by atoms with van der Waals surface area (Å²) in [5, 5.41) is 10.7. The number of nitriles is 1. The molecule has 0 spiro atoms. The third kappa shape index (κ3) is 1.50. The zero-order chi connectivity index (χ0) is 10.8. The van der Waals surface area contributed by atoms with Gasteiger partial charge < -0.3 is 5.73 Å². The van der Waals surface area contributed by atoms with Crippen LogP contribution in [0.1, 0.15) is 18.1 Å². The molecule has 74 valence electrons. The number of hydrogen-bond donors (Lipinski definition) is 1. The van der Waals surface area contributed by atoms with E-state index in [4.69, 9.17) is 11.0 Å². The Morgan fingerprint density at radius 2 is 2.20 bits per heavy atom. The average molecular weight is 197 g/mol. The van der Waals surface area contributed by atoms with E-state index >= 15 is 0 Å². The second-order valence-electron chi connectivity index (χ2n) is 3.40. The highest BCUT2D eigenvalue weighted by Gasteiger charge is 2.05. The highest BCUT2D eigenvalue weighted by atomic mass is 14.8. The summed E-state index contributed by atoms with van der Waals surface area (Å²) in [5.74, 6) is 0.478. The van der Waals surface area contributed by atoms with Gasteiger partial charge in [0.2, 0.25) is 0 Å². The van der Waals surface area contributed by atoms with Gasteiger partial charge in [0, 0.05) is 17.0 Å². The van der Waals surface area contributed by atoms with Gasteiger partial charge in [-0.1, -0.05) is 19.1 Å². The number of rotatable bonds is 1. The lowest BCUT2D eigenvalue weighted by Gasteiger charge is -2.04. The third-order valence-corrected chi connectivity index (χ3v) is 2.51. The maximum Gasteiger partial charge on any atom is 0.131 e. The summed E-state index contributed by atoms with van der Waals surface area (Å²) in [6.07, 6.45) is 2.47. The van der Waals surface area contributed by atoms with Gasteiger partial charge >= 0.3 is 0 Å². The Morgan fingerprint density at radius 3 is 2.87 bits per heavy atom. The molecule has 0 atom stereocenters. The summed E-state index contributed by atoms with van der Waals surface area (Å²) in [7, 11) is 0. The van der Waals surface area contributed by atoms with Crippen LogP contribution >= 0.6 is 0 Å². The van der Waals surface area contributed by atoms with Crippen molar-refractivity contribution in [2.24, 2.45) is 0 Å². The lowest BCUT2D eigenvalue weighted by molar-refractivity contribution is 1.14. The minimum absolute atomic E-state index is 0.478. The molecule has 0 bridgehead atoms. The van der Waals surface area contributed by atoms with Crippen molar-refractivity contribution in [3.05, 3.63) is 35.5 Å². The Hall–Kier alpha value is -2.08. The first kappa shape index (κ1) is 9.47. The summed E-state index contributed by atoms with van der Waals surface area (Å²) < 4.78 is 0. The smallest absolute Gasteiger partial charge is 0.131 e. The average Bonchev–Trinajstić information content (AvgIpc) is 2.29. The monoisotopic (exact) mass is 197 g/mol. The van der Waals surface area contributed by atoms with Crippen LogP contribution in [-0.2, 0) is 6.42 Å². The molecular weight excluding hydrogens is 186 g/mol. The van der Waals surface area contributed by atoms with Gasteiger partial charge in [-0.3, -0.25) is 0 Å². The molecule has 15 heavy (non-hydrogen) atoms. The number of aromatic nitrogens is 1. The Bertz CT molecular complexity index is 553. The molecule has 2 rings (SSSR count). The number of benzene rings is 1. The number of anilines is 1. The van der Waals surface area contributed by atoms with Gasteiger partial charge in [0.15, 0.2) is 0 Å². The molecule has 0 aliphatic heterocycles. The van der Waals surface area contributed by atoms with Crippen LogP contribution in [0.4, 0.5) is 5.82 Å². The van der Waals surface area contributed by atoms with Crippen molar-refractivity contribution in [1.82, 2.24) is 4.98 Å². The molecule has 2 N–H and O–H groups in total. The molecule has 1 aromatic heterocycles. The van der Waals surface area contributed by atoms with Crippen molar-refractivity contribution in [2.45, 2.75) is 13.3 Å². The van der Waals surface area contributed by atoms with Crippen molar-refractivity contribution in [3.63, 3.8) is 0 Å². The molecule has 0 radical (unpaired) electrons. The van der Waals surface area contributed by atoms with Crippen molar-refractivity contribution >= 4 is 16.6 Å². The molecule has 0 aliphatic rings. The van der Waals surface area contributed by atoms with E-state index in [1.165, 1.54) is 11.8 Å². The summed E-state index contributed by atoms with van der Waals surface area (Å²) in [6.45, 7) is 2.08. The van der Waals surface area contributed by atoms with Gasteiger partial charge in [0.05, 0.1) is 5.56 Å². The van der Waals surface area contributed by atoms with Crippen LogP contribution in [0.15, 0.2) is 24.4 Å². The van der Waals surface area contributed by atoms with Crippen molar-refractivity contribution in [2.75, 3.05) is 5.73 Å². The number of nitrogens with two attached hydrogens (primary N) is 1. The number of pyridine rings is 1. The molecule has 0 amide bonds. The zero-order valence-corrected chi connectivity index (χ0v) is 8.49. The fraction of sp³-hybridized carbons (Fsp3) is 0.167. The van der Waals surface area contributed by atoms with Crippen LogP contribution in [0, 0.1) is 11.3 Å². The van der Waals surface area contributed by atoms with Gasteiger partial charge in [0.1, 0.15) is 11.9 Å². The summed E-state index contributed by atoms with van der Waals surface area (Å²) in [4.78, 5) is 3.99. The first-order valence-corrected chi connectivity index (χ1v) is 4.83. The molecule has 0 saturated heterocycles. The van der Waals surface area contributed by atoms with Gasteiger partial charge in [-0.05, 0) is 18.1 Å². The van der Waals surface area contributed by atoms with Crippen LogP contribution in [-0.4, -0.2) is 4.98 Å². The van der Waals surface area contributed by atoms with Crippen LogP contribution in [0.2, 0.25) is 0 Å². The minimum Gasteiger partial charge on any atom is -0.383 e. The molecule has 1 heterocycles. The van der Waals surface area contributed by atoms with Crippen LogP contribution in [0.5, 0.6) is 0 Å². The molecule has 1 aromatic carbocycles. The van der Waals surface area contributed by atoms with Gasteiger partial charge in [0.25, 0.3) is 0 Å². The highest BCUT2D eigenvalue weighted by molar-refractivity contribution is 5.95. The molecule has 0 unspecified atom stereocenters. The van der Waals surface area contributed by atoms with E-state index < -0.39 is 0 Å². The second-order valence-corrected chi connectivity index (χ2v) is 3.40. The second kappa shape index (κ2) is 3.58. The van der Waals surface area contributed by atoms with Crippen LogP contribution in [0.25, 0.3) is 10.8 Å². The Morgan fingerprint density at radius 1 is 1.40 bits per heavy atom. The first-order chi connectivity index (χ1) is 7.26. The maximum absolute atomic E-state index is 8.96. The quantitative estimate of drug-likeness (QED) is 0.762. The van der Waals surface area contributed by atoms with E-state index in [9.17, 15) is 0 Å². The third-order valence-electron chi connectivity index (χ3n) is 2.51. The Kier molecular flexibility index (Phi) is 2.26. The van der Waals surface area contributed by atoms with Gasteiger partial charge in [-0.25, -0.2) is 4.98 Å². The van der Waals surface area contributed by atoms with E-state index in [1.807, 2.05) is 18.2 Å². The topological polar surface area (TPSA) is 62.7 Å². The van der Waals surface area contributed by atoms with Crippen molar-refractivity contribution in [3.8, 4) is 6.07 Å². The number of nitrogen functional groups attached to an aromatic ring is 1. The van der Waals surface area contributed by atoms with E-state index in [-0.39, 0.29) is 0 Å². The highest BCUT2D eigenvalue weighted by Crippen LogP contribution is 2.23. The number of hydrogen-bond acceptors (Lipinski definition) is 3. The molecule has 3 nitrogen and oxygen atoms in total. The summed E-state index contributed by atoms with van der Waals surface area (Å²) in [5.41, 5.74) is 7.53. The molecule has 3 heteroatoms. The van der Waals surface area contributed by atoms with Gasteiger partial charge in [-0.15, -0.1) is 0 Å². The summed E-state index contributed by atoms with van der Waals surface area (Å²) in [6, 6.07) is 8.08.